The van der Waals surface area contributed by atoms with Crippen LogP contribution < -0.4 is 5.43 Å². The molecule has 0 amide bonds. The molecule has 1 rings (SSSR count). The first-order chi connectivity index (χ1) is 7.00. The van der Waals surface area contributed by atoms with E-state index in [9.17, 15) is 10.1 Å². The van der Waals surface area contributed by atoms with Crippen LogP contribution in [0.3, 0.4) is 0 Å². The summed E-state index contributed by atoms with van der Waals surface area (Å²) in [5, 5.41) is 14.3. The molecule has 1 N–H and O–H groups in total. The predicted octanol–water partition coefficient (Wildman–Crippen LogP) is 2.24. The Bertz CT molecular complexity index is 386. The summed E-state index contributed by atoms with van der Waals surface area (Å²) in [6, 6.07) is 2.94. The van der Waals surface area contributed by atoms with E-state index in [0.29, 0.717) is 10.4 Å². The highest BCUT2D eigenvalue weighted by Crippen LogP contribution is 2.18. The van der Waals surface area contributed by atoms with Crippen LogP contribution in [0.15, 0.2) is 21.7 Å². The van der Waals surface area contributed by atoms with Gasteiger partial charge in [0.2, 0.25) is 0 Å². The highest BCUT2D eigenvalue weighted by molar-refractivity contribution is 9.18. The number of halogens is 1. The van der Waals surface area contributed by atoms with E-state index in [0.717, 1.165) is 0 Å². The third-order valence-corrected chi connectivity index (χ3v) is 1.96. The summed E-state index contributed by atoms with van der Waals surface area (Å²) < 4.78 is 5.32. The van der Waals surface area contributed by atoms with Crippen molar-refractivity contribution in [2.75, 3.05) is 0 Å². The molecule has 6 nitrogen and oxygen atoms in total. The number of hydrogen-bond acceptors (Lipinski definition) is 5. The Labute approximate surface area is 94.6 Å². The van der Waals surface area contributed by atoms with Crippen molar-refractivity contribution in [1.82, 2.24) is 5.43 Å². The van der Waals surface area contributed by atoms with Gasteiger partial charge in [-0.25, -0.2) is 0 Å². The monoisotopic (exact) mass is 275 g/mol. The van der Waals surface area contributed by atoms with Gasteiger partial charge < -0.3 is 9.84 Å². The maximum Gasteiger partial charge on any atom is 0.433 e. The Hall–Kier alpha value is -1.37. The lowest BCUT2D eigenvalue weighted by atomic mass is 10.4. The second-order valence-corrected chi connectivity index (χ2v) is 3.83. The largest absolute Gasteiger partial charge is 0.433 e. The van der Waals surface area contributed by atoms with Crippen LogP contribution in [0.5, 0.6) is 0 Å². The molecular formula is C8H10BrN3O3. The highest BCUT2D eigenvalue weighted by Gasteiger charge is 2.14. The van der Waals surface area contributed by atoms with Gasteiger partial charge in [0, 0.05) is 6.04 Å². The first kappa shape index (κ1) is 11.7. The third kappa shape index (κ3) is 3.35. The van der Waals surface area contributed by atoms with E-state index >= 15 is 0 Å². The highest BCUT2D eigenvalue weighted by atomic mass is 79.9. The quantitative estimate of drug-likeness (QED) is 0.519. The second kappa shape index (κ2) is 4.92. The number of rotatable bonds is 4. The summed E-state index contributed by atoms with van der Waals surface area (Å²) in [7, 11) is 0. The number of nitrogens with zero attached hydrogens (tertiary/aromatic N) is 2. The van der Waals surface area contributed by atoms with Crippen molar-refractivity contribution in [2.45, 2.75) is 19.9 Å². The number of hydrazone groups is 1. The molecule has 0 unspecified atom stereocenters. The van der Waals surface area contributed by atoms with Crippen molar-refractivity contribution in [3.8, 4) is 0 Å². The fourth-order valence-electron chi connectivity index (χ4n) is 0.778. The Morgan fingerprint density at radius 2 is 2.33 bits per heavy atom. The zero-order valence-corrected chi connectivity index (χ0v) is 9.82. The normalized spacial score (nSPS) is 11.9. The van der Waals surface area contributed by atoms with E-state index < -0.39 is 4.92 Å². The van der Waals surface area contributed by atoms with Crippen LogP contribution in [-0.4, -0.2) is 15.6 Å². The fourth-order valence-corrected chi connectivity index (χ4v) is 1.09. The van der Waals surface area contributed by atoms with Crippen LogP contribution >= 0.6 is 15.9 Å². The van der Waals surface area contributed by atoms with Crippen LogP contribution in [0.1, 0.15) is 19.6 Å². The number of nitro groups is 1. The van der Waals surface area contributed by atoms with Gasteiger partial charge in [-0.15, -0.1) is 0 Å². The van der Waals surface area contributed by atoms with Crippen LogP contribution in [0, 0.1) is 10.1 Å². The molecule has 0 aliphatic rings. The maximum absolute atomic E-state index is 10.3. The van der Waals surface area contributed by atoms with Gasteiger partial charge in [0.1, 0.15) is 4.92 Å². The molecule has 1 heterocycles. The third-order valence-electron chi connectivity index (χ3n) is 1.40. The molecule has 0 fully saturated rings. The molecule has 0 atom stereocenters. The van der Waals surface area contributed by atoms with Crippen molar-refractivity contribution < 1.29 is 9.34 Å². The van der Waals surface area contributed by atoms with Gasteiger partial charge in [0.25, 0.3) is 0 Å². The standard InChI is InChI=1S/C8H10BrN3O3/c1-5(2)10-11-8(9)6-3-4-7(15-6)12(13)14/h3-5,10H,1-2H3. The van der Waals surface area contributed by atoms with Gasteiger partial charge in [0.05, 0.1) is 6.07 Å². The first-order valence-electron chi connectivity index (χ1n) is 4.24. The Morgan fingerprint density at radius 1 is 1.67 bits per heavy atom. The lowest BCUT2D eigenvalue weighted by Gasteiger charge is -2.02. The van der Waals surface area contributed by atoms with E-state index in [4.69, 9.17) is 4.42 Å². The molecule has 1 aromatic heterocycles. The van der Waals surface area contributed by atoms with Gasteiger partial charge >= 0.3 is 5.88 Å². The van der Waals surface area contributed by atoms with Crippen molar-refractivity contribution in [3.63, 3.8) is 0 Å². The predicted molar refractivity (Wildman–Crippen MR) is 59.1 cm³/mol. The number of furan rings is 1. The average Bonchev–Trinajstić information content (AvgIpc) is 2.62. The van der Waals surface area contributed by atoms with Crippen LogP contribution in [0.25, 0.3) is 0 Å². The smallest absolute Gasteiger partial charge is 0.398 e. The lowest BCUT2D eigenvalue weighted by molar-refractivity contribution is -0.402. The first-order valence-corrected chi connectivity index (χ1v) is 5.03. The van der Waals surface area contributed by atoms with Gasteiger partial charge in [0.15, 0.2) is 10.4 Å². The fraction of sp³-hybridized carbons (Fsp3) is 0.375. The zero-order valence-electron chi connectivity index (χ0n) is 8.23. The van der Waals surface area contributed by atoms with E-state index in [1.807, 2.05) is 13.8 Å². The minimum absolute atomic E-state index is 0.183. The topological polar surface area (TPSA) is 80.7 Å². The van der Waals surface area contributed by atoms with E-state index in [2.05, 4.69) is 26.5 Å². The number of nitrogens with one attached hydrogen (secondary N) is 1. The van der Waals surface area contributed by atoms with Crippen LogP contribution in [0.4, 0.5) is 5.88 Å². The van der Waals surface area contributed by atoms with Gasteiger partial charge in [-0.1, -0.05) is 0 Å². The molecular weight excluding hydrogens is 266 g/mol. The minimum atomic E-state index is -0.598. The van der Waals surface area contributed by atoms with Crippen LogP contribution in [-0.2, 0) is 0 Å². The summed E-state index contributed by atoms with van der Waals surface area (Å²) in [4.78, 5) is 9.75. The molecule has 1 aromatic rings. The van der Waals surface area contributed by atoms with Crippen molar-refractivity contribution in [2.24, 2.45) is 5.10 Å². The molecule has 7 heteroatoms. The molecule has 0 saturated heterocycles. The summed E-state index contributed by atoms with van der Waals surface area (Å²) in [5.41, 5.74) is 2.79. The van der Waals surface area contributed by atoms with E-state index in [1.165, 1.54) is 12.1 Å². The molecule has 0 spiro atoms. The van der Waals surface area contributed by atoms with E-state index in [1.54, 1.807) is 0 Å². The summed E-state index contributed by atoms with van der Waals surface area (Å²) in [6.45, 7) is 3.85. The van der Waals surface area contributed by atoms with Crippen molar-refractivity contribution >= 4 is 26.4 Å². The molecule has 0 saturated carbocycles. The molecule has 0 bridgehead atoms. The Kier molecular flexibility index (Phi) is 3.84. The maximum atomic E-state index is 10.3. The van der Waals surface area contributed by atoms with Crippen molar-refractivity contribution in [1.29, 1.82) is 0 Å². The van der Waals surface area contributed by atoms with E-state index in [-0.39, 0.29) is 11.9 Å². The second-order valence-electron chi connectivity index (χ2n) is 3.08. The summed E-state index contributed by atoms with van der Waals surface area (Å²) >= 11 is 3.15. The molecule has 15 heavy (non-hydrogen) atoms. The van der Waals surface area contributed by atoms with Gasteiger partial charge in [-0.2, -0.15) is 5.10 Å². The SMILES string of the molecule is CC(C)NN=C(Br)c1ccc([N+](=O)[O-])o1. The minimum Gasteiger partial charge on any atom is -0.398 e. The van der Waals surface area contributed by atoms with Crippen LogP contribution in [0.2, 0.25) is 0 Å². The Morgan fingerprint density at radius 3 is 2.80 bits per heavy atom. The average molecular weight is 276 g/mol. The zero-order chi connectivity index (χ0) is 11.4. The summed E-state index contributed by atoms with van der Waals surface area (Å²) in [5.74, 6) is 0.0107. The molecule has 0 aromatic carbocycles. The molecule has 82 valence electrons. The van der Waals surface area contributed by atoms with Crippen molar-refractivity contribution in [3.05, 3.63) is 28.0 Å². The number of hydrogen-bond donors (Lipinski definition) is 1. The molecule has 0 aliphatic heterocycles. The lowest BCUT2D eigenvalue weighted by Crippen LogP contribution is -2.17. The summed E-state index contributed by atoms with van der Waals surface area (Å²) in [6.07, 6.45) is 0. The van der Waals surface area contributed by atoms with Gasteiger partial charge in [-0.05, 0) is 35.8 Å². The molecule has 0 aliphatic carbocycles. The molecule has 0 radical (unpaired) electrons. The van der Waals surface area contributed by atoms with Gasteiger partial charge in [-0.3, -0.25) is 10.1 Å². The Balaban J connectivity index is 2.78.